The number of pyridine rings is 1. The maximum absolute atomic E-state index is 5.40. The molecule has 1 heterocycles. The zero-order chi connectivity index (χ0) is 17.1. The van der Waals surface area contributed by atoms with Gasteiger partial charge in [0, 0.05) is 30.4 Å². The molecular formula is C20H22N2O2. The third kappa shape index (κ3) is 3.13. The predicted molar refractivity (Wildman–Crippen MR) is 98.1 cm³/mol. The molecule has 124 valence electrons. The number of para-hydroxylation sites is 1. The molecule has 4 heteroatoms. The molecule has 0 spiro atoms. The number of rotatable bonds is 5. The van der Waals surface area contributed by atoms with E-state index in [1.165, 1.54) is 5.69 Å². The molecule has 0 N–H and O–H groups in total. The lowest BCUT2D eigenvalue weighted by atomic mass is 10.1. The van der Waals surface area contributed by atoms with Gasteiger partial charge in [0.1, 0.15) is 0 Å². The van der Waals surface area contributed by atoms with Gasteiger partial charge in [-0.3, -0.25) is 4.98 Å². The van der Waals surface area contributed by atoms with E-state index in [4.69, 9.17) is 9.47 Å². The molecule has 3 rings (SSSR count). The summed E-state index contributed by atoms with van der Waals surface area (Å²) in [5, 5.41) is 1.16. The summed E-state index contributed by atoms with van der Waals surface area (Å²) in [6.07, 6.45) is 0. The summed E-state index contributed by atoms with van der Waals surface area (Å²) in [5.74, 6) is 1.49. The van der Waals surface area contributed by atoms with E-state index in [2.05, 4.69) is 41.2 Å². The molecule has 0 saturated carbocycles. The Labute approximate surface area is 142 Å². The molecule has 2 aromatic carbocycles. The monoisotopic (exact) mass is 322 g/mol. The minimum Gasteiger partial charge on any atom is -0.493 e. The Kier molecular flexibility index (Phi) is 4.56. The highest BCUT2D eigenvalue weighted by atomic mass is 16.5. The third-order valence-corrected chi connectivity index (χ3v) is 4.10. The lowest BCUT2D eigenvalue weighted by molar-refractivity contribution is 0.354. The van der Waals surface area contributed by atoms with Gasteiger partial charge in [0.25, 0.3) is 0 Å². The number of methoxy groups -OCH3 is 2. The van der Waals surface area contributed by atoms with E-state index in [0.717, 1.165) is 40.2 Å². The summed E-state index contributed by atoms with van der Waals surface area (Å²) in [4.78, 5) is 6.85. The summed E-state index contributed by atoms with van der Waals surface area (Å²) in [6.45, 7) is 2.80. The van der Waals surface area contributed by atoms with Gasteiger partial charge in [-0.15, -0.1) is 0 Å². The number of hydrogen-bond acceptors (Lipinski definition) is 4. The standard InChI is InChI=1S/C20H22N2O2/c1-14-11-18(16-7-5-6-8-17(16)21-14)22(2)13-15-9-10-19(23-3)20(12-15)24-4/h5-12H,13H2,1-4H3. The van der Waals surface area contributed by atoms with Gasteiger partial charge in [0.05, 0.1) is 19.7 Å². The van der Waals surface area contributed by atoms with Gasteiger partial charge in [-0.05, 0) is 36.8 Å². The van der Waals surface area contributed by atoms with Crippen LogP contribution in [-0.4, -0.2) is 26.3 Å². The minimum absolute atomic E-state index is 0.745. The molecule has 0 aliphatic rings. The summed E-state index contributed by atoms with van der Waals surface area (Å²) in [6, 6.07) is 16.4. The molecule has 3 aromatic rings. The van der Waals surface area contributed by atoms with Crippen molar-refractivity contribution in [2.24, 2.45) is 0 Å². The van der Waals surface area contributed by atoms with Crippen molar-refractivity contribution < 1.29 is 9.47 Å². The topological polar surface area (TPSA) is 34.6 Å². The van der Waals surface area contributed by atoms with Crippen LogP contribution in [0.4, 0.5) is 5.69 Å². The lowest BCUT2D eigenvalue weighted by Gasteiger charge is -2.22. The summed E-state index contributed by atoms with van der Waals surface area (Å²) < 4.78 is 10.7. The van der Waals surface area contributed by atoms with E-state index in [1.54, 1.807) is 14.2 Å². The second-order valence-electron chi connectivity index (χ2n) is 5.85. The Morgan fingerprint density at radius 3 is 2.46 bits per heavy atom. The second-order valence-corrected chi connectivity index (χ2v) is 5.85. The molecule has 0 amide bonds. The maximum atomic E-state index is 5.40. The quantitative estimate of drug-likeness (QED) is 0.705. The molecule has 1 aromatic heterocycles. The van der Waals surface area contributed by atoms with Crippen molar-refractivity contribution in [3.63, 3.8) is 0 Å². The highest BCUT2D eigenvalue weighted by molar-refractivity contribution is 5.91. The van der Waals surface area contributed by atoms with Crippen molar-refractivity contribution in [1.29, 1.82) is 0 Å². The van der Waals surface area contributed by atoms with Crippen LogP contribution in [0.25, 0.3) is 10.9 Å². The first-order valence-corrected chi connectivity index (χ1v) is 7.91. The van der Waals surface area contributed by atoms with E-state index < -0.39 is 0 Å². The first-order valence-electron chi connectivity index (χ1n) is 7.91. The Morgan fingerprint density at radius 2 is 1.71 bits per heavy atom. The fourth-order valence-corrected chi connectivity index (χ4v) is 2.94. The molecule has 0 aliphatic carbocycles. The molecule has 24 heavy (non-hydrogen) atoms. The Balaban J connectivity index is 1.94. The zero-order valence-corrected chi connectivity index (χ0v) is 14.5. The summed E-state index contributed by atoms with van der Waals surface area (Å²) in [7, 11) is 5.40. The van der Waals surface area contributed by atoms with Crippen molar-refractivity contribution >= 4 is 16.6 Å². The van der Waals surface area contributed by atoms with Crippen LogP contribution in [0.1, 0.15) is 11.3 Å². The van der Waals surface area contributed by atoms with E-state index in [0.29, 0.717) is 0 Å². The highest BCUT2D eigenvalue weighted by Gasteiger charge is 2.11. The molecular weight excluding hydrogens is 300 g/mol. The van der Waals surface area contributed by atoms with E-state index in [-0.39, 0.29) is 0 Å². The fraction of sp³-hybridized carbons (Fsp3) is 0.250. The van der Waals surface area contributed by atoms with Crippen LogP contribution >= 0.6 is 0 Å². The van der Waals surface area contributed by atoms with Gasteiger partial charge in [0.2, 0.25) is 0 Å². The summed E-state index contributed by atoms with van der Waals surface area (Å²) in [5.41, 5.74) is 4.37. The van der Waals surface area contributed by atoms with Crippen LogP contribution < -0.4 is 14.4 Å². The molecule has 0 atom stereocenters. The Hall–Kier alpha value is -2.75. The number of aryl methyl sites for hydroxylation is 1. The molecule has 0 unspecified atom stereocenters. The largest absolute Gasteiger partial charge is 0.493 e. The Morgan fingerprint density at radius 1 is 0.958 bits per heavy atom. The van der Waals surface area contributed by atoms with Crippen molar-refractivity contribution in [3.8, 4) is 11.5 Å². The number of aromatic nitrogens is 1. The molecule has 4 nitrogen and oxygen atoms in total. The van der Waals surface area contributed by atoms with Crippen molar-refractivity contribution in [2.75, 3.05) is 26.2 Å². The molecule has 0 saturated heterocycles. The van der Waals surface area contributed by atoms with Crippen LogP contribution in [0, 0.1) is 6.92 Å². The second kappa shape index (κ2) is 6.79. The number of benzene rings is 2. The normalized spacial score (nSPS) is 10.7. The third-order valence-electron chi connectivity index (χ3n) is 4.10. The number of nitrogens with zero attached hydrogens (tertiary/aromatic N) is 2. The first-order chi connectivity index (χ1) is 11.6. The van der Waals surface area contributed by atoms with Crippen LogP contribution in [0.15, 0.2) is 48.5 Å². The Bertz CT molecular complexity index is 861. The van der Waals surface area contributed by atoms with Gasteiger partial charge in [-0.2, -0.15) is 0 Å². The van der Waals surface area contributed by atoms with E-state index in [1.807, 2.05) is 31.2 Å². The van der Waals surface area contributed by atoms with Crippen LogP contribution in [-0.2, 0) is 6.54 Å². The van der Waals surface area contributed by atoms with Crippen molar-refractivity contribution in [2.45, 2.75) is 13.5 Å². The van der Waals surface area contributed by atoms with Crippen LogP contribution in [0.5, 0.6) is 11.5 Å². The van der Waals surface area contributed by atoms with Crippen LogP contribution in [0.3, 0.4) is 0 Å². The minimum atomic E-state index is 0.745. The summed E-state index contributed by atoms with van der Waals surface area (Å²) >= 11 is 0. The maximum Gasteiger partial charge on any atom is 0.161 e. The highest BCUT2D eigenvalue weighted by Crippen LogP contribution is 2.30. The van der Waals surface area contributed by atoms with Gasteiger partial charge < -0.3 is 14.4 Å². The lowest BCUT2D eigenvalue weighted by Crippen LogP contribution is -2.17. The smallest absolute Gasteiger partial charge is 0.161 e. The number of fused-ring (bicyclic) bond motifs is 1. The van der Waals surface area contributed by atoms with Gasteiger partial charge >= 0.3 is 0 Å². The van der Waals surface area contributed by atoms with Gasteiger partial charge in [-0.25, -0.2) is 0 Å². The molecule has 0 bridgehead atoms. The average Bonchev–Trinajstić information content (AvgIpc) is 2.60. The molecule has 0 aliphatic heterocycles. The van der Waals surface area contributed by atoms with Crippen molar-refractivity contribution in [1.82, 2.24) is 4.98 Å². The SMILES string of the molecule is COc1ccc(CN(C)c2cc(C)nc3ccccc23)cc1OC. The first kappa shape index (κ1) is 16.1. The predicted octanol–water partition coefficient (Wildman–Crippen LogP) is 4.20. The van der Waals surface area contributed by atoms with Crippen LogP contribution in [0.2, 0.25) is 0 Å². The number of hydrogen-bond donors (Lipinski definition) is 0. The zero-order valence-electron chi connectivity index (χ0n) is 14.5. The molecule has 0 fully saturated rings. The number of anilines is 1. The average molecular weight is 322 g/mol. The van der Waals surface area contributed by atoms with E-state index >= 15 is 0 Å². The van der Waals surface area contributed by atoms with E-state index in [9.17, 15) is 0 Å². The fourth-order valence-electron chi connectivity index (χ4n) is 2.94. The van der Waals surface area contributed by atoms with Gasteiger partial charge in [0.15, 0.2) is 11.5 Å². The van der Waals surface area contributed by atoms with Gasteiger partial charge in [-0.1, -0.05) is 24.3 Å². The number of ether oxygens (including phenoxy) is 2. The van der Waals surface area contributed by atoms with Crippen molar-refractivity contribution in [3.05, 3.63) is 59.8 Å². The molecule has 0 radical (unpaired) electrons.